The monoisotopic (exact) mass is 402 g/mol. The van der Waals surface area contributed by atoms with Crippen molar-refractivity contribution in [3.8, 4) is 0 Å². The van der Waals surface area contributed by atoms with Gasteiger partial charge in [-0.05, 0) is 19.3 Å². The molecule has 0 saturated carbocycles. The van der Waals surface area contributed by atoms with Gasteiger partial charge in [-0.2, -0.15) is 0 Å². The van der Waals surface area contributed by atoms with Crippen LogP contribution >= 0.6 is 0 Å². The van der Waals surface area contributed by atoms with Crippen molar-refractivity contribution < 1.29 is 39.0 Å². The molecule has 0 aromatic heterocycles. The van der Waals surface area contributed by atoms with Crippen LogP contribution in [0.1, 0.15) is 51.4 Å². The topological polar surface area (TPSA) is 120 Å². The maximum Gasteiger partial charge on any atom is 0.155 e. The summed E-state index contributed by atoms with van der Waals surface area (Å²) in [5.41, 5.74) is -1.47. The third-order valence-electron chi connectivity index (χ3n) is 6.06. The largest absolute Gasteiger partial charge is 0.396 e. The molecule has 0 bridgehead atoms. The Kier molecular flexibility index (Phi) is 6.59. The summed E-state index contributed by atoms with van der Waals surface area (Å²) >= 11 is 0. The summed E-state index contributed by atoms with van der Waals surface area (Å²) in [6.45, 7) is 2.91. The SMILES string of the molecule is OCCCC(CC1CO1)(CC1CO1)OC(O)CCC(O)(CC1CO1)CC1CO1. The van der Waals surface area contributed by atoms with Crippen molar-refractivity contribution in [2.75, 3.05) is 33.0 Å². The third-order valence-corrected chi connectivity index (χ3v) is 6.06. The molecule has 0 amide bonds. The van der Waals surface area contributed by atoms with E-state index in [1.165, 1.54) is 0 Å². The van der Waals surface area contributed by atoms with Gasteiger partial charge < -0.3 is 39.0 Å². The van der Waals surface area contributed by atoms with Gasteiger partial charge in [0.15, 0.2) is 6.29 Å². The molecule has 4 aliphatic heterocycles. The average Bonchev–Trinajstić information content (AvgIpc) is 3.46. The molecule has 0 spiro atoms. The van der Waals surface area contributed by atoms with Crippen molar-refractivity contribution in [1.82, 2.24) is 0 Å². The van der Waals surface area contributed by atoms with Crippen LogP contribution in [-0.4, -0.2) is 90.3 Å². The van der Waals surface area contributed by atoms with E-state index in [9.17, 15) is 15.3 Å². The van der Waals surface area contributed by atoms with Gasteiger partial charge in [-0.3, -0.25) is 0 Å². The maximum absolute atomic E-state index is 11.0. The molecule has 0 aromatic rings. The van der Waals surface area contributed by atoms with Crippen LogP contribution in [0.3, 0.4) is 0 Å². The number of aliphatic hydroxyl groups excluding tert-OH is 2. The van der Waals surface area contributed by atoms with Gasteiger partial charge in [0, 0.05) is 38.7 Å². The van der Waals surface area contributed by atoms with E-state index >= 15 is 0 Å². The summed E-state index contributed by atoms with van der Waals surface area (Å²) in [6.07, 6.45) is 4.11. The quantitative estimate of drug-likeness (QED) is 0.252. The highest BCUT2D eigenvalue weighted by Crippen LogP contribution is 2.39. The third kappa shape index (κ3) is 6.88. The summed E-state index contributed by atoms with van der Waals surface area (Å²) in [5, 5.41) is 31.0. The van der Waals surface area contributed by atoms with E-state index in [1.807, 2.05) is 0 Å². The second kappa shape index (κ2) is 8.81. The Morgan fingerprint density at radius 2 is 1.29 bits per heavy atom. The fraction of sp³-hybridized carbons (Fsp3) is 1.00. The molecule has 0 radical (unpaired) electrons. The van der Waals surface area contributed by atoms with Gasteiger partial charge in [-0.25, -0.2) is 0 Å². The summed E-state index contributed by atoms with van der Waals surface area (Å²) in [4.78, 5) is 0. The van der Waals surface area contributed by atoms with Crippen molar-refractivity contribution >= 4 is 0 Å². The fourth-order valence-electron chi connectivity index (χ4n) is 4.29. The predicted octanol–water partition coefficient (Wildman–Crippen LogP) is 0.500. The molecule has 4 rings (SSSR count). The molecular formula is C20H34O8. The summed E-state index contributed by atoms with van der Waals surface area (Å²) in [7, 11) is 0. The molecule has 162 valence electrons. The Balaban J connectivity index is 1.32. The molecule has 3 N–H and O–H groups in total. The molecule has 4 saturated heterocycles. The van der Waals surface area contributed by atoms with Crippen LogP contribution in [0.5, 0.6) is 0 Å². The Hall–Kier alpha value is -0.320. The highest BCUT2D eigenvalue weighted by atomic mass is 16.6. The number of hydrogen-bond acceptors (Lipinski definition) is 8. The molecule has 4 aliphatic rings. The van der Waals surface area contributed by atoms with E-state index in [2.05, 4.69) is 0 Å². The molecule has 0 aliphatic carbocycles. The van der Waals surface area contributed by atoms with Crippen LogP contribution in [0.25, 0.3) is 0 Å². The highest BCUT2D eigenvalue weighted by molar-refractivity contribution is 4.94. The van der Waals surface area contributed by atoms with Gasteiger partial charge in [-0.15, -0.1) is 0 Å². The van der Waals surface area contributed by atoms with E-state index in [-0.39, 0.29) is 31.0 Å². The van der Waals surface area contributed by atoms with Gasteiger partial charge in [0.2, 0.25) is 0 Å². The predicted molar refractivity (Wildman–Crippen MR) is 97.8 cm³/mol. The van der Waals surface area contributed by atoms with Gasteiger partial charge in [0.05, 0.1) is 62.0 Å². The molecule has 5 unspecified atom stereocenters. The normalized spacial score (nSPS) is 35.7. The molecule has 8 heteroatoms. The Morgan fingerprint density at radius 1 is 0.821 bits per heavy atom. The lowest BCUT2D eigenvalue weighted by Crippen LogP contribution is -2.41. The van der Waals surface area contributed by atoms with E-state index in [0.717, 1.165) is 0 Å². The van der Waals surface area contributed by atoms with Crippen LogP contribution < -0.4 is 0 Å². The molecule has 4 heterocycles. The number of hydrogen-bond donors (Lipinski definition) is 3. The number of epoxide rings is 4. The van der Waals surface area contributed by atoms with Gasteiger partial charge in [0.1, 0.15) is 0 Å². The molecular weight excluding hydrogens is 368 g/mol. The number of rotatable bonds is 16. The molecule has 8 nitrogen and oxygen atoms in total. The minimum absolute atomic E-state index is 0.0841. The lowest BCUT2D eigenvalue weighted by molar-refractivity contribution is -0.205. The van der Waals surface area contributed by atoms with Crippen LogP contribution in [0.4, 0.5) is 0 Å². The van der Waals surface area contributed by atoms with E-state index in [4.69, 9.17) is 23.7 Å². The summed E-state index contributed by atoms with van der Waals surface area (Å²) < 4.78 is 27.6. The summed E-state index contributed by atoms with van der Waals surface area (Å²) in [6, 6.07) is 0. The van der Waals surface area contributed by atoms with Crippen LogP contribution in [0, 0.1) is 0 Å². The first-order chi connectivity index (χ1) is 13.5. The van der Waals surface area contributed by atoms with E-state index in [0.29, 0.717) is 77.8 Å². The van der Waals surface area contributed by atoms with Gasteiger partial charge >= 0.3 is 0 Å². The first kappa shape index (κ1) is 20.9. The van der Waals surface area contributed by atoms with Crippen LogP contribution in [-0.2, 0) is 23.7 Å². The maximum atomic E-state index is 11.0. The van der Waals surface area contributed by atoms with Crippen molar-refractivity contribution in [2.45, 2.75) is 93.3 Å². The standard InChI is InChI=1S/C20H34O8/c21-5-1-3-20(8-16-12-26-16,9-17-13-27-17)28-18(22)2-4-19(23,6-14-10-24-14)7-15-11-25-15/h14-18,21-23H,1-13H2. The van der Waals surface area contributed by atoms with Crippen LogP contribution in [0.15, 0.2) is 0 Å². The van der Waals surface area contributed by atoms with Crippen LogP contribution in [0.2, 0.25) is 0 Å². The molecule has 28 heavy (non-hydrogen) atoms. The number of aliphatic hydroxyl groups is 3. The lowest BCUT2D eigenvalue weighted by atomic mass is 9.86. The van der Waals surface area contributed by atoms with Crippen molar-refractivity contribution in [2.24, 2.45) is 0 Å². The Labute approximate surface area is 166 Å². The Bertz CT molecular complexity index is 470. The second-order valence-electron chi connectivity index (χ2n) is 8.98. The average molecular weight is 402 g/mol. The first-order valence-electron chi connectivity index (χ1n) is 10.6. The Morgan fingerprint density at radius 3 is 1.71 bits per heavy atom. The fourth-order valence-corrected chi connectivity index (χ4v) is 4.29. The number of ether oxygens (including phenoxy) is 5. The molecule has 4 fully saturated rings. The van der Waals surface area contributed by atoms with Crippen molar-refractivity contribution in [1.29, 1.82) is 0 Å². The smallest absolute Gasteiger partial charge is 0.155 e. The highest BCUT2D eigenvalue weighted by Gasteiger charge is 2.45. The molecule has 5 atom stereocenters. The summed E-state index contributed by atoms with van der Waals surface area (Å²) in [5.74, 6) is 0. The first-order valence-corrected chi connectivity index (χ1v) is 10.6. The zero-order valence-electron chi connectivity index (χ0n) is 16.5. The minimum Gasteiger partial charge on any atom is -0.396 e. The molecule has 0 aromatic carbocycles. The van der Waals surface area contributed by atoms with E-state index in [1.54, 1.807) is 0 Å². The van der Waals surface area contributed by atoms with Gasteiger partial charge in [0.25, 0.3) is 0 Å². The van der Waals surface area contributed by atoms with Crippen molar-refractivity contribution in [3.63, 3.8) is 0 Å². The van der Waals surface area contributed by atoms with Crippen molar-refractivity contribution in [3.05, 3.63) is 0 Å². The lowest BCUT2D eigenvalue weighted by Gasteiger charge is -2.36. The zero-order chi connectivity index (χ0) is 19.6. The van der Waals surface area contributed by atoms with Gasteiger partial charge in [-0.1, -0.05) is 0 Å². The van der Waals surface area contributed by atoms with E-state index < -0.39 is 17.5 Å². The second-order valence-corrected chi connectivity index (χ2v) is 8.98. The zero-order valence-corrected chi connectivity index (χ0v) is 16.5. The minimum atomic E-state index is -0.983.